The fraction of sp³-hybridized carbons (Fsp3) is 1.00. The lowest BCUT2D eigenvalue weighted by Gasteiger charge is -2.42. The molecule has 2 rings (SSSR count). The minimum Gasteiger partial charge on any atom is -0.311 e. The molecule has 1 unspecified atom stereocenters. The molecule has 1 N–H and O–H groups in total. The number of piperidine rings is 1. The number of alkyl halides is 1. The van der Waals surface area contributed by atoms with Gasteiger partial charge in [-0.2, -0.15) is 0 Å². The second kappa shape index (κ2) is 4.61. The van der Waals surface area contributed by atoms with Gasteiger partial charge in [0.05, 0.1) is 0 Å². The van der Waals surface area contributed by atoms with Gasteiger partial charge >= 0.3 is 0 Å². The predicted octanol–water partition coefficient (Wildman–Crippen LogP) is 2.83. The van der Waals surface area contributed by atoms with E-state index >= 15 is 0 Å². The highest BCUT2D eigenvalue weighted by molar-refractivity contribution is 5.85. The van der Waals surface area contributed by atoms with E-state index in [1.54, 1.807) is 0 Å². The Morgan fingerprint density at radius 2 is 1.85 bits per heavy atom. The first kappa shape index (κ1) is 11.3. The molecule has 1 saturated carbocycles. The Bertz CT molecular complexity index is 151. The molecule has 1 saturated heterocycles. The molecule has 1 heterocycles. The molecule has 1 spiro atoms. The van der Waals surface area contributed by atoms with E-state index in [0.717, 1.165) is 19.4 Å². The number of hydrogen-bond acceptors (Lipinski definition) is 1. The molecule has 0 radical (unpaired) electrons. The highest BCUT2D eigenvalue weighted by atomic mass is 35.5. The van der Waals surface area contributed by atoms with Gasteiger partial charge in [0.25, 0.3) is 0 Å². The summed E-state index contributed by atoms with van der Waals surface area (Å²) >= 11 is 0. The Balaban J connectivity index is 0.000000845. The summed E-state index contributed by atoms with van der Waals surface area (Å²) in [6.45, 7) is 0.890. The minimum atomic E-state index is -0.538. The third-order valence-corrected chi connectivity index (χ3v) is 3.38. The molecular weight excluding hydrogens is 189 g/mol. The summed E-state index contributed by atoms with van der Waals surface area (Å²) in [4.78, 5) is 0. The van der Waals surface area contributed by atoms with Crippen molar-refractivity contribution in [3.8, 4) is 0 Å². The van der Waals surface area contributed by atoms with Gasteiger partial charge in [0.1, 0.15) is 6.17 Å². The van der Waals surface area contributed by atoms with E-state index in [-0.39, 0.29) is 17.9 Å². The van der Waals surface area contributed by atoms with Crippen molar-refractivity contribution in [2.24, 2.45) is 0 Å². The van der Waals surface area contributed by atoms with Crippen LogP contribution in [-0.2, 0) is 0 Å². The summed E-state index contributed by atoms with van der Waals surface area (Å²) in [5.74, 6) is 0. The maximum Gasteiger partial charge on any atom is 0.103 e. The Morgan fingerprint density at radius 1 is 1.15 bits per heavy atom. The molecule has 0 aromatic rings. The summed E-state index contributed by atoms with van der Waals surface area (Å²) in [7, 11) is 0. The van der Waals surface area contributed by atoms with Gasteiger partial charge in [0, 0.05) is 5.54 Å². The van der Waals surface area contributed by atoms with E-state index in [2.05, 4.69) is 5.32 Å². The normalized spacial score (nSPS) is 32.5. The van der Waals surface area contributed by atoms with E-state index in [1.807, 2.05) is 0 Å². The van der Waals surface area contributed by atoms with Gasteiger partial charge in [0.15, 0.2) is 0 Å². The van der Waals surface area contributed by atoms with Crippen LogP contribution in [0.3, 0.4) is 0 Å². The molecule has 78 valence electrons. The Labute approximate surface area is 85.9 Å². The number of nitrogens with one attached hydrogen (secondary N) is 1. The second-order valence-corrected chi connectivity index (χ2v) is 4.36. The third-order valence-electron chi connectivity index (χ3n) is 3.38. The Kier molecular flexibility index (Phi) is 3.99. The summed E-state index contributed by atoms with van der Waals surface area (Å²) in [6, 6.07) is 0. The van der Waals surface area contributed by atoms with Crippen LogP contribution < -0.4 is 5.32 Å². The van der Waals surface area contributed by atoms with Crippen molar-refractivity contribution in [3.63, 3.8) is 0 Å². The van der Waals surface area contributed by atoms with E-state index in [1.165, 1.54) is 32.1 Å². The first-order chi connectivity index (χ1) is 5.81. The summed E-state index contributed by atoms with van der Waals surface area (Å²) < 4.78 is 13.2. The zero-order valence-electron chi connectivity index (χ0n) is 8.02. The molecule has 0 bridgehead atoms. The average molecular weight is 208 g/mol. The van der Waals surface area contributed by atoms with Gasteiger partial charge in [-0.1, -0.05) is 19.3 Å². The first-order valence-corrected chi connectivity index (χ1v) is 5.20. The Morgan fingerprint density at radius 3 is 2.46 bits per heavy atom. The summed E-state index contributed by atoms with van der Waals surface area (Å²) in [6.07, 6.45) is 7.29. The maximum absolute atomic E-state index is 13.2. The van der Waals surface area contributed by atoms with Gasteiger partial charge in [-0.15, -0.1) is 12.4 Å². The van der Waals surface area contributed by atoms with Crippen LogP contribution in [0.4, 0.5) is 4.39 Å². The van der Waals surface area contributed by atoms with Crippen LogP contribution in [0.2, 0.25) is 0 Å². The van der Waals surface area contributed by atoms with Crippen LogP contribution >= 0.6 is 12.4 Å². The van der Waals surface area contributed by atoms with Crippen LogP contribution in [0.15, 0.2) is 0 Å². The largest absolute Gasteiger partial charge is 0.311 e. The molecule has 1 nitrogen and oxygen atoms in total. The third kappa shape index (κ3) is 2.57. The molecule has 0 aromatic carbocycles. The fourth-order valence-electron chi connectivity index (χ4n) is 2.70. The lowest BCUT2D eigenvalue weighted by molar-refractivity contribution is 0.116. The summed E-state index contributed by atoms with van der Waals surface area (Å²) in [5, 5.41) is 3.52. The molecular formula is C10H19ClFN. The molecule has 0 aromatic heterocycles. The number of halogens is 2. The number of hydrogen-bond donors (Lipinski definition) is 1. The molecule has 1 aliphatic carbocycles. The van der Waals surface area contributed by atoms with Crippen LogP contribution in [0.5, 0.6) is 0 Å². The van der Waals surface area contributed by atoms with E-state index in [0.29, 0.717) is 0 Å². The van der Waals surface area contributed by atoms with Crippen LogP contribution in [0.1, 0.15) is 44.9 Å². The standard InChI is InChI=1S/C10H18FN.ClH/c11-9-4-7-12-10(8-9)5-2-1-3-6-10;/h9,12H,1-8H2;1H. The lowest BCUT2D eigenvalue weighted by Crippen LogP contribution is -2.52. The van der Waals surface area contributed by atoms with Crippen molar-refractivity contribution in [2.75, 3.05) is 6.54 Å². The van der Waals surface area contributed by atoms with Crippen LogP contribution in [0, 0.1) is 0 Å². The molecule has 2 aliphatic rings. The first-order valence-electron chi connectivity index (χ1n) is 5.20. The van der Waals surface area contributed by atoms with Gasteiger partial charge in [-0.3, -0.25) is 0 Å². The maximum atomic E-state index is 13.2. The average Bonchev–Trinajstić information content (AvgIpc) is 2.05. The molecule has 0 amide bonds. The topological polar surface area (TPSA) is 12.0 Å². The number of rotatable bonds is 0. The lowest BCUT2D eigenvalue weighted by atomic mass is 9.76. The molecule has 2 fully saturated rings. The molecule has 1 atom stereocenters. The second-order valence-electron chi connectivity index (χ2n) is 4.36. The van der Waals surface area contributed by atoms with E-state index < -0.39 is 6.17 Å². The smallest absolute Gasteiger partial charge is 0.103 e. The zero-order valence-corrected chi connectivity index (χ0v) is 8.84. The molecule has 1 aliphatic heterocycles. The molecule has 13 heavy (non-hydrogen) atoms. The van der Waals surface area contributed by atoms with Gasteiger partial charge in [0.2, 0.25) is 0 Å². The predicted molar refractivity (Wildman–Crippen MR) is 55.2 cm³/mol. The zero-order chi connectivity index (χ0) is 8.44. The van der Waals surface area contributed by atoms with Crippen molar-refractivity contribution < 1.29 is 4.39 Å². The van der Waals surface area contributed by atoms with Crippen molar-refractivity contribution >= 4 is 12.4 Å². The van der Waals surface area contributed by atoms with Gasteiger partial charge < -0.3 is 5.32 Å². The van der Waals surface area contributed by atoms with Crippen LogP contribution in [-0.4, -0.2) is 18.3 Å². The van der Waals surface area contributed by atoms with Crippen molar-refractivity contribution in [1.82, 2.24) is 5.32 Å². The van der Waals surface area contributed by atoms with Crippen molar-refractivity contribution in [1.29, 1.82) is 0 Å². The van der Waals surface area contributed by atoms with Crippen molar-refractivity contribution in [2.45, 2.75) is 56.7 Å². The highest BCUT2D eigenvalue weighted by Gasteiger charge is 2.36. The summed E-state index contributed by atoms with van der Waals surface area (Å²) in [5.41, 5.74) is 0.204. The quantitative estimate of drug-likeness (QED) is 0.644. The monoisotopic (exact) mass is 207 g/mol. The van der Waals surface area contributed by atoms with Crippen LogP contribution in [0.25, 0.3) is 0 Å². The SMILES string of the molecule is Cl.FC1CCNC2(CCCCC2)C1. The Hall–Kier alpha value is 0.180. The highest BCUT2D eigenvalue weighted by Crippen LogP contribution is 2.35. The molecule has 3 heteroatoms. The van der Waals surface area contributed by atoms with Gasteiger partial charge in [-0.05, 0) is 32.2 Å². The van der Waals surface area contributed by atoms with Crippen molar-refractivity contribution in [3.05, 3.63) is 0 Å². The minimum absolute atomic E-state index is 0. The van der Waals surface area contributed by atoms with E-state index in [9.17, 15) is 4.39 Å². The van der Waals surface area contributed by atoms with Gasteiger partial charge in [-0.25, -0.2) is 4.39 Å². The fourth-order valence-corrected chi connectivity index (χ4v) is 2.70. The van der Waals surface area contributed by atoms with E-state index in [4.69, 9.17) is 0 Å².